The maximum absolute atomic E-state index is 10.0. The first-order chi connectivity index (χ1) is 5.52. The number of rotatable bonds is 5. The van der Waals surface area contributed by atoms with Gasteiger partial charge in [0.05, 0.1) is 0 Å². The first kappa shape index (κ1) is 10.5. The van der Waals surface area contributed by atoms with Gasteiger partial charge in [0, 0.05) is 0 Å². The van der Waals surface area contributed by atoms with Crippen LogP contribution < -0.4 is 0 Å². The Bertz CT molecular complexity index is 226. The third kappa shape index (κ3) is 6.61. The van der Waals surface area contributed by atoms with Crippen LogP contribution in [0.1, 0.15) is 6.92 Å². The second-order valence-electron chi connectivity index (χ2n) is 2.33. The van der Waals surface area contributed by atoms with E-state index in [4.69, 9.17) is 9.84 Å². The minimum Gasteiger partial charge on any atom is -0.483 e. The van der Waals surface area contributed by atoms with Crippen LogP contribution in [0.5, 0.6) is 0 Å². The van der Waals surface area contributed by atoms with Crippen LogP contribution in [0.4, 0.5) is 0 Å². The minimum absolute atomic E-state index is 0.320. The molecule has 0 aliphatic carbocycles. The van der Waals surface area contributed by atoms with E-state index in [1.54, 1.807) is 12.2 Å². The van der Waals surface area contributed by atoms with Crippen molar-refractivity contribution in [2.45, 2.75) is 6.92 Å². The molecule has 0 fully saturated rings. The Morgan fingerprint density at radius 1 is 1.50 bits per heavy atom. The first-order valence-corrected chi connectivity index (χ1v) is 3.39. The van der Waals surface area contributed by atoms with Gasteiger partial charge in [-0.25, -0.2) is 4.79 Å². The number of carboxylic acid groups (broad SMARTS) is 1. The molecule has 0 amide bonds. The van der Waals surface area contributed by atoms with E-state index >= 15 is 0 Å². The van der Waals surface area contributed by atoms with Gasteiger partial charge in [-0.3, -0.25) is 0 Å². The van der Waals surface area contributed by atoms with Crippen molar-refractivity contribution in [2.75, 3.05) is 6.61 Å². The summed E-state index contributed by atoms with van der Waals surface area (Å²) < 4.78 is 4.73. The molecule has 0 aromatic carbocycles. The lowest BCUT2D eigenvalue weighted by atomic mass is 10.3. The fourth-order valence-corrected chi connectivity index (χ4v) is 0.438. The maximum atomic E-state index is 10.0. The number of allylic oxidation sites excluding steroid dienone is 3. The van der Waals surface area contributed by atoms with Crippen molar-refractivity contribution in [3.63, 3.8) is 0 Å². The molecule has 66 valence electrons. The molecule has 0 aromatic heterocycles. The first-order valence-electron chi connectivity index (χ1n) is 3.39. The Hall–Kier alpha value is -1.51. The maximum Gasteiger partial charge on any atom is 0.341 e. The highest BCUT2D eigenvalue weighted by molar-refractivity contribution is 5.68. The van der Waals surface area contributed by atoms with Crippen LogP contribution in [0.2, 0.25) is 0 Å². The molecule has 0 unspecified atom stereocenters. The number of carbonyl (C=O) groups is 1. The summed E-state index contributed by atoms with van der Waals surface area (Å²) in [6.45, 7) is 8.57. The summed E-state index contributed by atoms with van der Waals surface area (Å²) >= 11 is 0. The average molecular weight is 168 g/mol. The van der Waals surface area contributed by atoms with E-state index in [0.29, 0.717) is 5.76 Å². The van der Waals surface area contributed by atoms with Crippen molar-refractivity contribution in [1.82, 2.24) is 0 Å². The molecule has 0 saturated heterocycles. The molecule has 0 saturated carbocycles. The fourth-order valence-electron chi connectivity index (χ4n) is 0.438. The summed E-state index contributed by atoms with van der Waals surface area (Å²) in [5.74, 6) is -0.694. The van der Waals surface area contributed by atoms with Gasteiger partial charge in [0.25, 0.3) is 0 Å². The predicted molar refractivity (Wildman–Crippen MR) is 46.7 cm³/mol. The van der Waals surface area contributed by atoms with E-state index in [1.807, 2.05) is 6.92 Å². The lowest BCUT2D eigenvalue weighted by Gasteiger charge is -2.00. The van der Waals surface area contributed by atoms with Crippen LogP contribution in [-0.2, 0) is 9.53 Å². The zero-order valence-corrected chi connectivity index (χ0v) is 7.04. The Morgan fingerprint density at radius 2 is 2.08 bits per heavy atom. The van der Waals surface area contributed by atoms with E-state index in [-0.39, 0.29) is 6.61 Å². The molecule has 0 bridgehead atoms. The molecule has 0 atom stereocenters. The summed E-state index contributed by atoms with van der Waals surface area (Å²) in [5.41, 5.74) is 0.857. The van der Waals surface area contributed by atoms with Gasteiger partial charge in [0.15, 0.2) is 6.61 Å². The van der Waals surface area contributed by atoms with Gasteiger partial charge in [0.2, 0.25) is 0 Å². The van der Waals surface area contributed by atoms with Crippen molar-refractivity contribution in [1.29, 1.82) is 0 Å². The highest BCUT2D eigenvalue weighted by Crippen LogP contribution is 1.98. The Balaban J connectivity index is 3.75. The molecule has 0 heterocycles. The monoisotopic (exact) mass is 168 g/mol. The highest BCUT2D eigenvalue weighted by atomic mass is 16.5. The normalized spacial score (nSPS) is 9.75. The van der Waals surface area contributed by atoms with Gasteiger partial charge in [-0.05, 0) is 13.0 Å². The molecule has 3 nitrogen and oxygen atoms in total. The van der Waals surface area contributed by atoms with Crippen LogP contribution in [0.15, 0.2) is 36.6 Å². The Morgan fingerprint density at radius 3 is 2.50 bits per heavy atom. The molecule has 0 radical (unpaired) electrons. The minimum atomic E-state index is -1.01. The Kier molecular flexibility index (Phi) is 4.53. The number of hydrogen-bond donors (Lipinski definition) is 1. The van der Waals surface area contributed by atoms with E-state index in [0.717, 1.165) is 5.57 Å². The standard InChI is InChI=1S/C9H12O3/c1-7(2)4-5-8(3)12-6-9(10)11/h4-5H,1,3,6H2,2H3,(H,10,11)/b5-4-. The molecule has 1 N–H and O–H groups in total. The second-order valence-corrected chi connectivity index (χ2v) is 2.33. The molecule has 0 rings (SSSR count). The quantitative estimate of drug-likeness (QED) is 0.502. The van der Waals surface area contributed by atoms with Crippen LogP contribution >= 0.6 is 0 Å². The number of ether oxygens (including phenoxy) is 1. The zero-order chi connectivity index (χ0) is 9.56. The number of carboxylic acids is 1. The average Bonchev–Trinajstić information content (AvgIpc) is 1.96. The van der Waals surface area contributed by atoms with Crippen molar-refractivity contribution in [3.05, 3.63) is 36.6 Å². The van der Waals surface area contributed by atoms with E-state index in [2.05, 4.69) is 13.2 Å². The summed E-state index contributed by atoms with van der Waals surface area (Å²) in [4.78, 5) is 10.0. The zero-order valence-electron chi connectivity index (χ0n) is 7.04. The molecular formula is C9H12O3. The lowest BCUT2D eigenvalue weighted by molar-refractivity contribution is -0.140. The molecular weight excluding hydrogens is 156 g/mol. The van der Waals surface area contributed by atoms with Crippen molar-refractivity contribution in [2.24, 2.45) is 0 Å². The third-order valence-electron chi connectivity index (χ3n) is 0.935. The summed E-state index contributed by atoms with van der Waals surface area (Å²) in [6.07, 6.45) is 3.27. The van der Waals surface area contributed by atoms with E-state index in [9.17, 15) is 4.79 Å². The largest absolute Gasteiger partial charge is 0.483 e. The molecule has 12 heavy (non-hydrogen) atoms. The van der Waals surface area contributed by atoms with Gasteiger partial charge in [-0.2, -0.15) is 0 Å². The van der Waals surface area contributed by atoms with Crippen LogP contribution in [0.25, 0.3) is 0 Å². The third-order valence-corrected chi connectivity index (χ3v) is 0.935. The van der Waals surface area contributed by atoms with Crippen molar-refractivity contribution in [3.8, 4) is 0 Å². The number of aliphatic carboxylic acids is 1. The summed E-state index contributed by atoms with van der Waals surface area (Å²) in [7, 11) is 0. The molecule has 0 spiro atoms. The molecule has 0 aliphatic rings. The van der Waals surface area contributed by atoms with Crippen molar-refractivity contribution >= 4 is 5.97 Å². The van der Waals surface area contributed by atoms with Gasteiger partial charge < -0.3 is 9.84 Å². The van der Waals surface area contributed by atoms with Gasteiger partial charge in [0.1, 0.15) is 5.76 Å². The van der Waals surface area contributed by atoms with E-state index in [1.165, 1.54) is 0 Å². The van der Waals surface area contributed by atoms with Gasteiger partial charge >= 0.3 is 5.97 Å². The van der Waals surface area contributed by atoms with Crippen LogP contribution in [0, 0.1) is 0 Å². The molecule has 0 aliphatic heterocycles. The highest BCUT2D eigenvalue weighted by Gasteiger charge is 1.95. The predicted octanol–water partition coefficient (Wildman–Crippen LogP) is 1.73. The second kappa shape index (κ2) is 5.18. The van der Waals surface area contributed by atoms with Crippen LogP contribution in [-0.4, -0.2) is 17.7 Å². The van der Waals surface area contributed by atoms with E-state index < -0.39 is 5.97 Å². The van der Waals surface area contributed by atoms with Crippen LogP contribution in [0.3, 0.4) is 0 Å². The van der Waals surface area contributed by atoms with Gasteiger partial charge in [-0.1, -0.05) is 24.8 Å². The van der Waals surface area contributed by atoms with Crippen molar-refractivity contribution < 1.29 is 14.6 Å². The molecule has 3 heteroatoms. The Labute approximate surface area is 71.7 Å². The summed E-state index contributed by atoms with van der Waals surface area (Å²) in [5, 5.41) is 8.23. The number of hydrogen-bond acceptors (Lipinski definition) is 2. The smallest absolute Gasteiger partial charge is 0.341 e. The van der Waals surface area contributed by atoms with Gasteiger partial charge in [-0.15, -0.1) is 0 Å². The lowest BCUT2D eigenvalue weighted by Crippen LogP contribution is -2.05. The summed E-state index contributed by atoms with van der Waals surface area (Å²) in [6, 6.07) is 0. The SMILES string of the molecule is C=C(C)/C=C\C(=C)OCC(=O)O. The molecule has 0 aromatic rings. The topological polar surface area (TPSA) is 46.5 Å². The fraction of sp³-hybridized carbons (Fsp3) is 0.222.